The van der Waals surface area contributed by atoms with Gasteiger partial charge in [-0.1, -0.05) is 53.3 Å². The number of nitrogens with zero attached hydrogens (tertiary/aromatic N) is 8. The lowest BCUT2D eigenvalue weighted by Crippen LogP contribution is -2.11. The van der Waals surface area contributed by atoms with Gasteiger partial charge in [0.1, 0.15) is 12.4 Å². The predicted octanol–water partition coefficient (Wildman–Crippen LogP) is 4.36. The van der Waals surface area contributed by atoms with E-state index in [0.717, 1.165) is 27.9 Å². The maximum atomic E-state index is 6.23. The molecular formula is C21H20ClN9S. The van der Waals surface area contributed by atoms with E-state index in [9.17, 15) is 0 Å². The van der Waals surface area contributed by atoms with Gasteiger partial charge in [-0.05, 0) is 25.5 Å². The molecule has 5 aromatic rings. The molecule has 11 heteroatoms. The lowest BCUT2D eigenvalue weighted by Gasteiger charge is -2.04. The zero-order chi connectivity index (χ0) is 22.1. The van der Waals surface area contributed by atoms with Crippen LogP contribution in [0.4, 0.5) is 10.9 Å². The van der Waals surface area contributed by atoms with E-state index < -0.39 is 0 Å². The van der Waals surface area contributed by atoms with Crippen LogP contribution in [-0.4, -0.2) is 39.5 Å². The van der Waals surface area contributed by atoms with Crippen LogP contribution < -0.4 is 5.32 Å². The summed E-state index contributed by atoms with van der Waals surface area (Å²) in [6.45, 7) is 5.02. The molecule has 1 aromatic carbocycles. The molecule has 162 valence electrons. The third-order valence-corrected chi connectivity index (χ3v) is 6.33. The van der Waals surface area contributed by atoms with Crippen molar-refractivity contribution < 1.29 is 0 Å². The van der Waals surface area contributed by atoms with Crippen LogP contribution in [0.3, 0.4) is 0 Å². The molecule has 32 heavy (non-hydrogen) atoms. The van der Waals surface area contributed by atoms with Gasteiger partial charge in [0.15, 0.2) is 10.8 Å². The molecule has 0 unspecified atom stereocenters. The summed E-state index contributed by atoms with van der Waals surface area (Å²) >= 11 is 7.66. The van der Waals surface area contributed by atoms with E-state index >= 15 is 0 Å². The molecule has 0 saturated carbocycles. The monoisotopic (exact) mass is 465 g/mol. The molecule has 1 N–H and O–H groups in total. The Morgan fingerprint density at radius 2 is 1.75 bits per heavy atom. The number of hydrogen-bond donors (Lipinski definition) is 1. The number of rotatable bonds is 7. The summed E-state index contributed by atoms with van der Waals surface area (Å²) in [5.74, 6) is 0.718. The minimum absolute atomic E-state index is 0.474. The van der Waals surface area contributed by atoms with Crippen LogP contribution in [0.25, 0.3) is 10.7 Å². The van der Waals surface area contributed by atoms with E-state index in [1.807, 2.05) is 65.9 Å². The predicted molar refractivity (Wildman–Crippen MR) is 124 cm³/mol. The molecule has 4 aromatic heterocycles. The minimum Gasteiger partial charge on any atom is -0.313 e. The Hall–Kier alpha value is -3.50. The van der Waals surface area contributed by atoms with Gasteiger partial charge < -0.3 is 5.32 Å². The highest BCUT2D eigenvalue weighted by Gasteiger charge is 2.13. The first-order valence-corrected chi connectivity index (χ1v) is 11.2. The second-order valence-electron chi connectivity index (χ2n) is 7.29. The molecule has 0 aliphatic carbocycles. The number of benzene rings is 1. The SMILES string of the molecule is Cc1nn(Cn2ccc(-c3nnc(Nc4ccn(Cc5ccccc5)n4)s3)n2)c(C)c1Cl. The van der Waals surface area contributed by atoms with Gasteiger partial charge in [-0.2, -0.15) is 15.3 Å². The van der Waals surface area contributed by atoms with Gasteiger partial charge in [0.05, 0.1) is 23.0 Å². The molecule has 0 atom stereocenters. The molecule has 9 nitrogen and oxygen atoms in total. The standard InChI is InChI=1S/C21H20ClN9S/c1-14-19(22)15(2)31(26-14)13-30-10-8-17(27-30)20-24-25-21(32-20)23-18-9-11-29(28-18)12-16-6-4-3-5-7-16/h3-11H,12-13H2,1-2H3,(H,23,25,28). The quantitative estimate of drug-likeness (QED) is 0.384. The molecule has 0 aliphatic rings. The molecule has 0 radical (unpaired) electrons. The van der Waals surface area contributed by atoms with Crippen LogP contribution in [-0.2, 0) is 13.2 Å². The van der Waals surface area contributed by atoms with Gasteiger partial charge in [-0.25, -0.2) is 4.68 Å². The second-order valence-corrected chi connectivity index (χ2v) is 8.64. The van der Waals surface area contributed by atoms with Crippen LogP contribution in [0.1, 0.15) is 17.0 Å². The van der Waals surface area contributed by atoms with E-state index in [0.29, 0.717) is 23.4 Å². The van der Waals surface area contributed by atoms with Crippen molar-refractivity contribution in [2.24, 2.45) is 0 Å². The number of aryl methyl sites for hydroxylation is 1. The Balaban J connectivity index is 1.25. The minimum atomic E-state index is 0.474. The zero-order valence-electron chi connectivity index (χ0n) is 17.5. The van der Waals surface area contributed by atoms with E-state index in [1.165, 1.54) is 16.9 Å². The second kappa shape index (κ2) is 8.56. The van der Waals surface area contributed by atoms with E-state index in [2.05, 4.69) is 42.9 Å². The van der Waals surface area contributed by atoms with Crippen molar-refractivity contribution in [1.29, 1.82) is 0 Å². The van der Waals surface area contributed by atoms with Crippen LogP contribution in [0.5, 0.6) is 0 Å². The summed E-state index contributed by atoms with van der Waals surface area (Å²) in [5, 5.41) is 27.4. The van der Waals surface area contributed by atoms with Crippen LogP contribution >= 0.6 is 22.9 Å². The fourth-order valence-corrected chi connectivity index (χ4v) is 4.13. The number of aromatic nitrogens is 8. The van der Waals surface area contributed by atoms with Crippen LogP contribution in [0, 0.1) is 13.8 Å². The van der Waals surface area contributed by atoms with E-state index in [4.69, 9.17) is 11.6 Å². The van der Waals surface area contributed by atoms with Crippen molar-refractivity contribution in [2.75, 3.05) is 5.32 Å². The maximum Gasteiger partial charge on any atom is 0.211 e. The Morgan fingerprint density at radius 1 is 0.938 bits per heavy atom. The first-order chi connectivity index (χ1) is 15.5. The molecule has 0 bridgehead atoms. The maximum absolute atomic E-state index is 6.23. The van der Waals surface area contributed by atoms with Crippen molar-refractivity contribution in [3.8, 4) is 10.7 Å². The Bertz CT molecular complexity index is 1350. The molecule has 0 fully saturated rings. The van der Waals surface area contributed by atoms with Gasteiger partial charge in [-0.15, -0.1) is 10.2 Å². The molecule has 5 rings (SSSR count). The summed E-state index contributed by atoms with van der Waals surface area (Å²) < 4.78 is 5.50. The summed E-state index contributed by atoms with van der Waals surface area (Å²) in [6, 6.07) is 14.0. The number of nitrogens with one attached hydrogen (secondary N) is 1. The van der Waals surface area contributed by atoms with Crippen molar-refractivity contribution >= 4 is 33.9 Å². The van der Waals surface area contributed by atoms with Crippen molar-refractivity contribution in [1.82, 2.24) is 39.5 Å². The Morgan fingerprint density at radius 3 is 2.53 bits per heavy atom. The lowest BCUT2D eigenvalue weighted by molar-refractivity contribution is 0.492. The molecule has 4 heterocycles. The van der Waals surface area contributed by atoms with Crippen molar-refractivity contribution in [3.05, 3.63) is 76.8 Å². The van der Waals surface area contributed by atoms with Crippen molar-refractivity contribution in [3.63, 3.8) is 0 Å². The highest BCUT2D eigenvalue weighted by Crippen LogP contribution is 2.27. The normalized spacial score (nSPS) is 11.2. The Kier molecular flexibility index (Phi) is 5.46. The average Bonchev–Trinajstić information content (AvgIpc) is 3.57. The lowest BCUT2D eigenvalue weighted by atomic mass is 10.2. The average molecular weight is 466 g/mol. The molecule has 0 aliphatic heterocycles. The third-order valence-electron chi connectivity index (χ3n) is 4.92. The Labute approximate surface area is 193 Å². The van der Waals surface area contributed by atoms with Gasteiger partial charge in [0.25, 0.3) is 0 Å². The van der Waals surface area contributed by atoms with Gasteiger partial charge in [0.2, 0.25) is 5.13 Å². The van der Waals surface area contributed by atoms with E-state index in [1.54, 1.807) is 4.68 Å². The van der Waals surface area contributed by atoms with Crippen LogP contribution in [0.2, 0.25) is 5.02 Å². The summed E-state index contributed by atoms with van der Waals surface area (Å²) in [7, 11) is 0. The van der Waals surface area contributed by atoms with Crippen LogP contribution in [0.15, 0.2) is 54.9 Å². The number of halogens is 1. The molecule has 0 amide bonds. The first kappa shape index (κ1) is 20.4. The summed E-state index contributed by atoms with van der Waals surface area (Å²) in [5.41, 5.74) is 3.66. The highest BCUT2D eigenvalue weighted by atomic mass is 35.5. The topological polar surface area (TPSA) is 91.3 Å². The fraction of sp³-hybridized carbons (Fsp3) is 0.190. The third kappa shape index (κ3) is 4.27. The molecule has 0 spiro atoms. The summed E-state index contributed by atoms with van der Waals surface area (Å²) in [6.07, 6.45) is 3.82. The number of hydrogen-bond acceptors (Lipinski definition) is 7. The number of anilines is 2. The molecule has 0 saturated heterocycles. The smallest absolute Gasteiger partial charge is 0.211 e. The first-order valence-electron chi connectivity index (χ1n) is 9.96. The van der Waals surface area contributed by atoms with E-state index in [-0.39, 0.29) is 0 Å². The fourth-order valence-electron chi connectivity index (χ4n) is 3.28. The van der Waals surface area contributed by atoms with Gasteiger partial charge >= 0.3 is 0 Å². The summed E-state index contributed by atoms with van der Waals surface area (Å²) in [4.78, 5) is 0. The van der Waals surface area contributed by atoms with Gasteiger partial charge in [-0.3, -0.25) is 9.36 Å². The van der Waals surface area contributed by atoms with Crippen molar-refractivity contribution in [2.45, 2.75) is 27.1 Å². The highest BCUT2D eigenvalue weighted by molar-refractivity contribution is 7.18. The molecular weight excluding hydrogens is 446 g/mol. The largest absolute Gasteiger partial charge is 0.313 e. The zero-order valence-corrected chi connectivity index (χ0v) is 19.0. The van der Waals surface area contributed by atoms with Gasteiger partial charge in [0, 0.05) is 18.5 Å².